The van der Waals surface area contributed by atoms with Crippen molar-refractivity contribution in [2.45, 2.75) is 28.5 Å². The molecule has 21 heavy (non-hydrogen) atoms. The molecule has 0 saturated heterocycles. The van der Waals surface area contributed by atoms with Crippen molar-refractivity contribution >= 4 is 21.8 Å². The molecule has 0 bridgehead atoms. The Morgan fingerprint density at radius 2 is 1.43 bits per heavy atom. The van der Waals surface area contributed by atoms with Crippen LogP contribution in [0.25, 0.3) is 0 Å². The van der Waals surface area contributed by atoms with E-state index in [1.807, 2.05) is 12.1 Å². The van der Waals surface area contributed by atoms with Gasteiger partial charge >= 0.3 is 0 Å². The summed E-state index contributed by atoms with van der Waals surface area (Å²) in [4.78, 5) is 2.49. The molecule has 0 aromatic heterocycles. The molecule has 0 fully saturated rings. The highest BCUT2D eigenvalue weighted by molar-refractivity contribution is 7.99. The first-order chi connectivity index (χ1) is 9.80. The maximum atomic E-state index is 12.0. The lowest BCUT2D eigenvalue weighted by Gasteiger charge is -2.11. The summed E-state index contributed by atoms with van der Waals surface area (Å²) < 4.78 is 25.2. The van der Waals surface area contributed by atoms with E-state index in [0.717, 1.165) is 9.79 Å². The van der Waals surface area contributed by atoms with E-state index >= 15 is 0 Å². The van der Waals surface area contributed by atoms with Gasteiger partial charge in [0.1, 0.15) is 0 Å². The maximum absolute atomic E-state index is 12.0. The van der Waals surface area contributed by atoms with Crippen molar-refractivity contribution in [3.8, 4) is 0 Å². The van der Waals surface area contributed by atoms with E-state index in [2.05, 4.69) is 32.0 Å². The van der Waals surface area contributed by atoms with E-state index in [0.29, 0.717) is 4.90 Å². The Morgan fingerprint density at radius 1 is 0.857 bits per heavy atom. The van der Waals surface area contributed by atoms with Crippen LogP contribution in [0.1, 0.15) is 11.1 Å². The van der Waals surface area contributed by atoms with Crippen LogP contribution in [-0.4, -0.2) is 26.8 Å². The van der Waals surface area contributed by atoms with E-state index < -0.39 is 10.0 Å². The van der Waals surface area contributed by atoms with Crippen molar-refractivity contribution in [1.29, 1.82) is 0 Å². The van der Waals surface area contributed by atoms with Crippen LogP contribution < -0.4 is 0 Å². The predicted molar refractivity (Wildman–Crippen MR) is 87.4 cm³/mol. The number of sulfonamides is 1. The molecule has 0 aliphatic carbocycles. The molecule has 2 aromatic carbocycles. The Balaban J connectivity index is 2.22. The zero-order chi connectivity index (χ0) is 15.6. The van der Waals surface area contributed by atoms with Crippen LogP contribution in [0.2, 0.25) is 0 Å². The van der Waals surface area contributed by atoms with Gasteiger partial charge in [-0.2, -0.15) is 0 Å². The maximum Gasteiger partial charge on any atom is 0.242 e. The average molecular weight is 321 g/mol. The monoisotopic (exact) mass is 321 g/mol. The van der Waals surface area contributed by atoms with Gasteiger partial charge < -0.3 is 0 Å². The van der Waals surface area contributed by atoms with E-state index in [-0.39, 0.29) is 0 Å². The zero-order valence-electron chi connectivity index (χ0n) is 12.6. The van der Waals surface area contributed by atoms with Crippen molar-refractivity contribution in [2.24, 2.45) is 0 Å². The van der Waals surface area contributed by atoms with Gasteiger partial charge in [-0.15, -0.1) is 0 Å². The van der Waals surface area contributed by atoms with Crippen molar-refractivity contribution in [3.05, 3.63) is 53.6 Å². The SMILES string of the molecule is Cc1ccc(Sc2ccc(S(=O)(=O)N(C)C)cc2)cc1C. The first kappa shape index (κ1) is 16.1. The second-order valence-electron chi connectivity index (χ2n) is 5.11. The highest BCUT2D eigenvalue weighted by Gasteiger charge is 2.16. The lowest BCUT2D eigenvalue weighted by atomic mass is 10.1. The summed E-state index contributed by atoms with van der Waals surface area (Å²) >= 11 is 1.63. The van der Waals surface area contributed by atoms with Crippen LogP contribution in [0.15, 0.2) is 57.2 Å². The van der Waals surface area contributed by atoms with Crippen LogP contribution in [0, 0.1) is 13.8 Å². The van der Waals surface area contributed by atoms with Crippen molar-refractivity contribution in [1.82, 2.24) is 4.31 Å². The topological polar surface area (TPSA) is 37.4 Å². The molecule has 0 heterocycles. The Hall–Kier alpha value is -1.30. The molecule has 3 nitrogen and oxygen atoms in total. The summed E-state index contributed by atoms with van der Waals surface area (Å²) in [6, 6.07) is 13.3. The normalized spacial score (nSPS) is 11.9. The second kappa shape index (κ2) is 6.22. The number of aryl methyl sites for hydroxylation is 2. The molecule has 0 spiro atoms. The highest BCUT2D eigenvalue weighted by atomic mass is 32.2. The zero-order valence-corrected chi connectivity index (χ0v) is 14.3. The Labute approximate surface area is 131 Å². The predicted octanol–water partition coefficient (Wildman–Crippen LogP) is 3.70. The van der Waals surface area contributed by atoms with Crippen LogP contribution in [-0.2, 0) is 10.0 Å². The van der Waals surface area contributed by atoms with Gasteiger partial charge in [0.2, 0.25) is 10.0 Å². The van der Waals surface area contributed by atoms with E-state index in [1.165, 1.54) is 29.5 Å². The van der Waals surface area contributed by atoms with Crippen LogP contribution >= 0.6 is 11.8 Å². The van der Waals surface area contributed by atoms with Crippen molar-refractivity contribution < 1.29 is 8.42 Å². The van der Waals surface area contributed by atoms with Crippen LogP contribution in [0.5, 0.6) is 0 Å². The average Bonchev–Trinajstić information content (AvgIpc) is 2.43. The van der Waals surface area contributed by atoms with Crippen molar-refractivity contribution in [3.63, 3.8) is 0 Å². The minimum Gasteiger partial charge on any atom is -0.207 e. The smallest absolute Gasteiger partial charge is 0.207 e. The van der Waals surface area contributed by atoms with Gasteiger partial charge in [0.15, 0.2) is 0 Å². The largest absolute Gasteiger partial charge is 0.242 e. The summed E-state index contributed by atoms with van der Waals surface area (Å²) in [5, 5.41) is 0. The quantitative estimate of drug-likeness (QED) is 0.861. The molecule has 0 N–H and O–H groups in total. The second-order valence-corrected chi connectivity index (χ2v) is 8.41. The van der Waals surface area contributed by atoms with Crippen LogP contribution in [0.4, 0.5) is 0 Å². The van der Waals surface area contributed by atoms with Gasteiger partial charge in [-0.1, -0.05) is 17.8 Å². The molecule has 2 aromatic rings. The molecular weight excluding hydrogens is 302 g/mol. The molecule has 0 amide bonds. The third-order valence-corrected chi connectivity index (χ3v) is 6.14. The van der Waals surface area contributed by atoms with Gasteiger partial charge in [-0.05, 0) is 61.4 Å². The fourth-order valence-electron chi connectivity index (χ4n) is 1.80. The first-order valence-electron chi connectivity index (χ1n) is 6.58. The summed E-state index contributed by atoms with van der Waals surface area (Å²) in [7, 11) is -0.285. The molecular formula is C16H19NO2S2. The highest BCUT2D eigenvalue weighted by Crippen LogP contribution is 2.29. The minimum atomic E-state index is -3.35. The van der Waals surface area contributed by atoms with E-state index in [9.17, 15) is 8.42 Å². The summed E-state index contributed by atoms with van der Waals surface area (Å²) in [6.45, 7) is 4.18. The molecule has 112 valence electrons. The van der Waals surface area contributed by atoms with E-state index in [4.69, 9.17) is 0 Å². The standard InChI is InChI=1S/C16H19NO2S2/c1-12-5-6-15(11-13(12)2)20-14-7-9-16(10-8-14)21(18,19)17(3)4/h5-11H,1-4H3. The molecule has 5 heteroatoms. The first-order valence-corrected chi connectivity index (χ1v) is 8.84. The van der Waals surface area contributed by atoms with Gasteiger partial charge in [-0.25, -0.2) is 12.7 Å². The van der Waals surface area contributed by atoms with Crippen LogP contribution in [0.3, 0.4) is 0 Å². The minimum absolute atomic E-state index is 0.317. The summed E-state index contributed by atoms with van der Waals surface area (Å²) in [5.74, 6) is 0. The number of benzene rings is 2. The van der Waals surface area contributed by atoms with Gasteiger partial charge in [-0.3, -0.25) is 0 Å². The van der Waals surface area contributed by atoms with Gasteiger partial charge in [0, 0.05) is 23.9 Å². The molecule has 0 saturated carbocycles. The fourth-order valence-corrected chi connectivity index (χ4v) is 3.62. The molecule has 2 rings (SSSR count). The summed E-state index contributed by atoms with van der Waals surface area (Å²) in [5.41, 5.74) is 2.53. The molecule has 0 aliphatic rings. The Kier molecular flexibility index (Phi) is 4.76. The molecule has 0 unspecified atom stereocenters. The molecule has 0 aliphatic heterocycles. The Morgan fingerprint density at radius 3 is 1.95 bits per heavy atom. The van der Waals surface area contributed by atoms with Gasteiger partial charge in [0.25, 0.3) is 0 Å². The third kappa shape index (κ3) is 3.67. The van der Waals surface area contributed by atoms with Crippen molar-refractivity contribution in [2.75, 3.05) is 14.1 Å². The number of hydrogen-bond donors (Lipinski definition) is 0. The summed E-state index contributed by atoms with van der Waals surface area (Å²) in [6.07, 6.45) is 0. The fraction of sp³-hybridized carbons (Fsp3) is 0.250. The number of nitrogens with zero attached hydrogens (tertiary/aromatic N) is 1. The lowest BCUT2D eigenvalue weighted by Crippen LogP contribution is -2.22. The van der Waals surface area contributed by atoms with E-state index in [1.54, 1.807) is 23.9 Å². The molecule has 0 radical (unpaired) electrons. The molecule has 0 atom stereocenters. The number of hydrogen-bond acceptors (Lipinski definition) is 3. The Bertz CT molecular complexity index is 735. The lowest BCUT2D eigenvalue weighted by molar-refractivity contribution is 0.520. The van der Waals surface area contributed by atoms with Gasteiger partial charge in [0.05, 0.1) is 4.90 Å². The number of rotatable bonds is 4. The third-order valence-electron chi connectivity index (χ3n) is 3.32.